The number of fused-ring (bicyclic) bond motifs is 10. The summed E-state index contributed by atoms with van der Waals surface area (Å²) in [4.78, 5) is 17.8. The minimum Gasteiger partial charge on any atom is -0.309 e. The monoisotopic (exact) mass is 1430 g/mol. The quantitative estimate of drug-likeness (QED) is 0.0716. The lowest BCUT2D eigenvalue weighted by Crippen LogP contribution is -2.74. The minimum atomic E-state index is -3.06. The van der Waals surface area contributed by atoms with Crippen molar-refractivity contribution in [3.05, 3.63) is 425 Å². The van der Waals surface area contributed by atoms with Crippen molar-refractivity contribution in [3.8, 4) is 29.0 Å². The van der Waals surface area contributed by atoms with E-state index in [9.17, 15) is 0 Å². The lowest BCUT2D eigenvalue weighted by Gasteiger charge is -2.34. The molecule has 508 valence electrons. The van der Waals surface area contributed by atoms with E-state index in [1.54, 1.807) is 0 Å². The fraction of sp³-hybridized carbons (Fsp3) is 0. The fourth-order valence-corrected chi connectivity index (χ4v) is 32.4. The van der Waals surface area contributed by atoms with Gasteiger partial charge in [-0.2, -0.15) is 15.0 Å². The van der Waals surface area contributed by atoms with Gasteiger partial charge in [0.15, 0.2) is 30.0 Å². The van der Waals surface area contributed by atoms with Crippen LogP contribution in [-0.4, -0.2) is 52.9 Å². The van der Waals surface area contributed by atoms with Crippen LogP contribution < -0.4 is 62.2 Å². The molecule has 0 saturated carbocycles. The molecule has 0 amide bonds. The van der Waals surface area contributed by atoms with Crippen LogP contribution in [0.3, 0.4) is 0 Å². The maximum Gasteiger partial charge on any atom is 0.240 e. The number of nitrogens with zero attached hydrogens (tertiary/aromatic N) is 6. The summed E-state index contributed by atoms with van der Waals surface area (Å²) in [6.07, 6.45) is 0. The molecule has 20 rings (SSSR count). The van der Waals surface area contributed by atoms with Crippen LogP contribution in [0.4, 0.5) is 0 Å². The molecule has 0 aliphatic heterocycles. The van der Waals surface area contributed by atoms with Crippen LogP contribution in [0.25, 0.3) is 94.4 Å². The lowest BCUT2D eigenvalue weighted by molar-refractivity contribution is 0.894. The van der Waals surface area contributed by atoms with Crippen LogP contribution in [0.2, 0.25) is 0 Å². The Morgan fingerprint density at radius 1 is 0.185 bits per heavy atom. The SMILES string of the molecule is c1ccc([Si](c2ccccc2)(c2ccccc2)c2cccc(-c3nc(-n4c5ccccc5c5cc([Si](c6ccccc6)(c6ccccc6)c6ccccc6)ccc54)nc(-n4c5ccccc5c5ccc6c(c7ccccc7n6-c6cccc([Si](c7ccccc7)(c7ccccc7)c7ccccc7)c6)c54)n3)c2)cc1. The molecule has 16 aromatic carbocycles. The topological polar surface area (TPSA) is 53.5 Å². The van der Waals surface area contributed by atoms with E-state index >= 15 is 0 Å². The molecule has 20 aromatic rings. The Morgan fingerprint density at radius 3 is 0.935 bits per heavy atom. The van der Waals surface area contributed by atoms with Crippen molar-refractivity contribution in [2.45, 2.75) is 0 Å². The molecule has 0 unspecified atom stereocenters. The smallest absolute Gasteiger partial charge is 0.240 e. The molecule has 0 radical (unpaired) electrons. The highest BCUT2D eigenvalue weighted by molar-refractivity contribution is 7.21. The number of rotatable bonds is 16. The number of hydrogen-bond donors (Lipinski definition) is 0. The molecule has 108 heavy (non-hydrogen) atoms. The van der Waals surface area contributed by atoms with Gasteiger partial charge in [0.1, 0.15) is 0 Å². The zero-order valence-corrected chi connectivity index (χ0v) is 62.1. The van der Waals surface area contributed by atoms with E-state index in [0.717, 1.165) is 76.7 Å². The third kappa shape index (κ3) is 10.1. The van der Waals surface area contributed by atoms with Crippen molar-refractivity contribution in [2.75, 3.05) is 0 Å². The Labute approximate surface area is 629 Å². The third-order valence-corrected chi connectivity index (χ3v) is 36.9. The Hall–Kier alpha value is -13.4. The highest BCUT2D eigenvalue weighted by Crippen LogP contribution is 2.42. The molecule has 0 saturated heterocycles. The van der Waals surface area contributed by atoms with Gasteiger partial charge in [0.25, 0.3) is 0 Å². The molecule has 0 aliphatic rings. The van der Waals surface area contributed by atoms with Gasteiger partial charge in [0, 0.05) is 43.6 Å². The second-order valence-electron chi connectivity index (χ2n) is 28.1. The van der Waals surface area contributed by atoms with Gasteiger partial charge in [-0.3, -0.25) is 9.13 Å². The molecule has 6 nitrogen and oxygen atoms in total. The predicted molar refractivity (Wildman–Crippen MR) is 459 cm³/mol. The standard InChI is InChI=1S/C99H70N6Si3/c1-10-38-73(39-11-1)106(74-40-12-2-13-41-74,75-42-14-3-15-43-75)82-56-34-36-71(68-82)97-100-98(104-90-61-31-29-59-86(90)89-70-84(64-66-93(89)104)108(79-50-22-7-23-51-79,80-52-24-8-25-53-80)81-54-26-9-27-55-81)102-99(101-97)105-91-62-32-28-58-85(91)87-65-67-94-95(96(87)105)88-60-30-33-63-92(88)103(94)72-37-35-57-83(69-72)107(76-44-16-4-17-45-76,77-46-18-5-19-47-77)78-48-20-6-21-49-78/h1-70H. The maximum absolute atomic E-state index is 5.97. The van der Waals surface area contributed by atoms with Crippen LogP contribution in [-0.2, 0) is 0 Å². The summed E-state index contributed by atoms with van der Waals surface area (Å²) in [5, 5.41) is 22.2. The van der Waals surface area contributed by atoms with Crippen molar-refractivity contribution in [3.63, 3.8) is 0 Å². The number of hydrogen-bond acceptors (Lipinski definition) is 3. The molecule has 0 spiro atoms. The van der Waals surface area contributed by atoms with E-state index < -0.39 is 24.2 Å². The second-order valence-corrected chi connectivity index (χ2v) is 39.5. The number of benzene rings is 16. The Kier molecular flexibility index (Phi) is 15.8. The largest absolute Gasteiger partial charge is 0.309 e. The summed E-state index contributed by atoms with van der Waals surface area (Å²) in [6, 6.07) is 158. The average molecular weight is 1430 g/mol. The van der Waals surface area contributed by atoms with E-state index in [-0.39, 0.29) is 0 Å². The van der Waals surface area contributed by atoms with E-state index in [2.05, 4.69) is 438 Å². The number of para-hydroxylation sites is 3. The molecule has 0 aliphatic carbocycles. The van der Waals surface area contributed by atoms with Gasteiger partial charge in [0.2, 0.25) is 11.9 Å². The third-order valence-electron chi connectivity index (χ3n) is 22.5. The molecule has 9 heteroatoms. The summed E-state index contributed by atoms with van der Waals surface area (Å²) < 4.78 is 7.14. The second kappa shape index (κ2) is 26.6. The molecule has 4 aromatic heterocycles. The summed E-state index contributed by atoms with van der Waals surface area (Å²) in [6.45, 7) is 0. The summed E-state index contributed by atoms with van der Waals surface area (Å²) in [5.74, 6) is 1.57. The fourth-order valence-electron chi connectivity index (χ4n) is 18.1. The van der Waals surface area contributed by atoms with Gasteiger partial charge in [-0.05, 0) is 105 Å². The van der Waals surface area contributed by atoms with Gasteiger partial charge in [-0.25, -0.2) is 0 Å². The molecular weight excluding hydrogens is 1360 g/mol. The van der Waals surface area contributed by atoms with Gasteiger partial charge >= 0.3 is 0 Å². The zero-order valence-electron chi connectivity index (χ0n) is 59.1. The highest BCUT2D eigenvalue weighted by Gasteiger charge is 2.45. The van der Waals surface area contributed by atoms with E-state index in [1.165, 1.54) is 62.2 Å². The van der Waals surface area contributed by atoms with Crippen molar-refractivity contribution in [1.29, 1.82) is 0 Å². The lowest BCUT2D eigenvalue weighted by atomic mass is 10.1. The Bertz CT molecular complexity index is 6430. The molecule has 0 bridgehead atoms. The average Bonchev–Trinajstić information content (AvgIpc) is 1.55. The zero-order chi connectivity index (χ0) is 71.6. The van der Waals surface area contributed by atoms with Crippen LogP contribution in [0, 0.1) is 0 Å². The minimum absolute atomic E-state index is 0.506. The van der Waals surface area contributed by atoms with Gasteiger partial charge in [-0.1, -0.05) is 382 Å². The van der Waals surface area contributed by atoms with E-state index in [0.29, 0.717) is 17.7 Å². The summed E-state index contributed by atoms with van der Waals surface area (Å²) >= 11 is 0. The van der Waals surface area contributed by atoms with Crippen molar-refractivity contribution < 1.29 is 0 Å². The molecule has 0 atom stereocenters. The van der Waals surface area contributed by atoms with Crippen molar-refractivity contribution >= 4 is 152 Å². The van der Waals surface area contributed by atoms with Gasteiger partial charge < -0.3 is 4.57 Å². The van der Waals surface area contributed by atoms with Crippen LogP contribution in [0.1, 0.15) is 0 Å². The molecule has 0 fully saturated rings. The normalized spacial score (nSPS) is 12.1. The van der Waals surface area contributed by atoms with E-state index in [1.807, 2.05) is 0 Å². The van der Waals surface area contributed by atoms with Crippen LogP contribution in [0.15, 0.2) is 425 Å². The first-order chi connectivity index (χ1) is 53.6. The maximum atomic E-state index is 5.97. The Morgan fingerprint density at radius 2 is 0.500 bits per heavy atom. The first-order valence-corrected chi connectivity index (χ1v) is 43.1. The first-order valence-electron chi connectivity index (χ1n) is 37.1. The first kappa shape index (κ1) is 64.2. The van der Waals surface area contributed by atoms with Crippen molar-refractivity contribution in [2.24, 2.45) is 0 Å². The molecule has 0 N–H and O–H groups in total. The molecule has 4 heterocycles. The highest BCUT2D eigenvalue weighted by atomic mass is 28.3. The Balaban J connectivity index is 0.869. The summed E-state index contributed by atoms with van der Waals surface area (Å²) in [7, 11) is -9.00. The van der Waals surface area contributed by atoms with Crippen LogP contribution in [0.5, 0.6) is 0 Å². The van der Waals surface area contributed by atoms with E-state index in [4.69, 9.17) is 15.0 Å². The van der Waals surface area contributed by atoms with Crippen molar-refractivity contribution in [1.82, 2.24) is 28.7 Å². The van der Waals surface area contributed by atoms with Crippen LogP contribution >= 0.6 is 0 Å². The summed E-state index contributed by atoms with van der Waals surface area (Å²) in [5.41, 5.74) is 8.11. The van der Waals surface area contributed by atoms with Gasteiger partial charge in [-0.15, -0.1) is 0 Å². The predicted octanol–water partition coefficient (Wildman–Crippen LogP) is 15.0. The number of aromatic nitrogens is 6. The molecular formula is C99H70N6Si3. The van der Waals surface area contributed by atoms with Gasteiger partial charge in [0.05, 0.1) is 33.1 Å².